The third kappa shape index (κ3) is 7.38. The van der Waals surface area contributed by atoms with E-state index in [0.717, 1.165) is 11.4 Å². The number of benzene rings is 1. The number of hydrogen-bond donors (Lipinski definition) is 2. The van der Waals surface area contributed by atoms with Crippen LogP contribution >= 0.6 is 35.3 Å². The Balaban J connectivity index is 0.00000392. The van der Waals surface area contributed by atoms with Gasteiger partial charge in [-0.1, -0.05) is 19.1 Å². The van der Waals surface area contributed by atoms with Crippen molar-refractivity contribution in [2.24, 2.45) is 4.99 Å². The predicted molar refractivity (Wildman–Crippen MR) is 118 cm³/mol. The van der Waals surface area contributed by atoms with E-state index in [1.807, 2.05) is 6.20 Å². The number of nitrogens with one attached hydrogen (secondary N) is 2. The van der Waals surface area contributed by atoms with Crippen molar-refractivity contribution in [2.75, 3.05) is 13.7 Å². The molecule has 0 fully saturated rings. The van der Waals surface area contributed by atoms with Crippen LogP contribution in [0.1, 0.15) is 29.3 Å². The summed E-state index contributed by atoms with van der Waals surface area (Å²) in [5, 5.41) is 7.21. The molecule has 0 amide bonds. The van der Waals surface area contributed by atoms with Gasteiger partial charge in [-0.3, -0.25) is 4.99 Å². The van der Waals surface area contributed by atoms with E-state index >= 15 is 0 Å². The third-order valence-corrected chi connectivity index (χ3v) is 4.74. The summed E-state index contributed by atoms with van der Waals surface area (Å²) in [5.41, 5.74) is 0.548. The van der Waals surface area contributed by atoms with Crippen LogP contribution in [-0.2, 0) is 19.5 Å². The summed E-state index contributed by atoms with van der Waals surface area (Å²) in [6, 6.07) is 5.04. The molecule has 0 aliphatic heterocycles. The zero-order chi connectivity index (χ0) is 19.6. The van der Waals surface area contributed by atoms with Crippen LogP contribution in [0.2, 0.25) is 0 Å². The molecule has 0 saturated heterocycles. The average molecular weight is 526 g/mol. The summed E-state index contributed by atoms with van der Waals surface area (Å²) in [6.45, 7) is 2.07. The Morgan fingerprint density at radius 2 is 2.00 bits per heavy atom. The highest BCUT2D eigenvalue weighted by Gasteiger charge is 2.16. The van der Waals surface area contributed by atoms with Crippen molar-refractivity contribution in [2.45, 2.75) is 40.0 Å². The Hall–Kier alpha value is -1.69. The van der Waals surface area contributed by atoms with Crippen molar-refractivity contribution in [3.63, 3.8) is 0 Å². The topological polar surface area (TPSA) is 67.8 Å². The number of aryl methyl sites for hydroxylation is 1. The van der Waals surface area contributed by atoms with Gasteiger partial charge in [0.15, 0.2) is 17.5 Å². The number of ether oxygens (including phenoxy) is 2. The predicted octanol–water partition coefficient (Wildman–Crippen LogP) is 4.19. The Bertz CT molecular complexity index is 759. The zero-order valence-electron chi connectivity index (χ0n) is 16.0. The molecular formula is C18H25F2IN4O2S. The normalized spacial score (nSPS) is 11.1. The molecule has 1 heterocycles. The second kappa shape index (κ2) is 12.7. The number of nitrogens with zero attached hydrogens (tertiary/aromatic N) is 2. The molecule has 10 heteroatoms. The molecule has 0 saturated carbocycles. The standard InChI is InChI=1S/C18H24F2N4O2S.HI/c1-4-13-10-22-15(27-13)11-24-18(21-3)23-9-12-7-6-8-14(25-5-2)16(12)26-17(19)20;/h6-8,10,17H,4-5,9,11H2,1-3H3,(H2,21,23,24);1H. The number of aliphatic imine (C=N–C) groups is 1. The molecular weight excluding hydrogens is 501 g/mol. The molecule has 0 unspecified atom stereocenters. The van der Waals surface area contributed by atoms with Crippen LogP contribution in [0.3, 0.4) is 0 Å². The average Bonchev–Trinajstić information content (AvgIpc) is 3.12. The van der Waals surface area contributed by atoms with Gasteiger partial charge in [-0.15, -0.1) is 35.3 Å². The van der Waals surface area contributed by atoms with Gasteiger partial charge in [0.05, 0.1) is 13.2 Å². The molecule has 1 aromatic heterocycles. The van der Waals surface area contributed by atoms with Crippen LogP contribution in [0.15, 0.2) is 29.4 Å². The van der Waals surface area contributed by atoms with E-state index in [-0.39, 0.29) is 42.0 Å². The first-order valence-electron chi connectivity index (χ1n) is 8.64. The molecule has 1 aromatic carbocycles. The van der Waals surface area contributed by atoms with Crippen molar-refractivity contribution in [3.05, 3.63) is 39.8 Å². The number of aromatic nitrogens is 1. The number of guanidine groups is 1. The molecule has 0 aliphatic carbocycles. The summed E-state index contributed by atoms with van der Waals surface area (Å²) in [5.74, 6) is 0.854. The van der Waals surface area contributed by atoms with E-state index < -0.39 is 6.61 Å². The molecule has 6 nitrogen and oxygen atoms in total. The summed E-state index contributed by atoms with van der Waals surface area (Å²) >= 11 is 1.64. The van der Waals surface area contributed by atoms with Gasteiger partial charge < -0.3 is 20.1 Å². The number of para-hydroxylation sites is 1. The lowest BCUT2D eigenvalue weighted by Crippen LogP contribution is -2.36. The van der Waals surface area contributed by atoms with Gasteiger partial charge in [0.2, 0.25) is 0 Å². The minimum atomic E-state index is -2.93. The maximum absolute atomic E-state index is 12.8. The maximum atomic E-state index is 12.8. The first kappa shape index (κ1) is 24.3. The summed E-state index contributed by atoms with van der Waals surface area (Å²) in [6.07, 6.45) is 2.82. The zero-order valence-corrected chi connectivity index (χ0v) is 19.1. The number of halogens is 3. The lowest BCUT2D eigenvalue weighted by atomic mass is 10.2. The third-order valence-electron chi connectivity index (χ3n) is 3.59. The van der Waals surface area contributed by atoms with Crippen molar-refractivity contribution in [1.29, 1.82) is 0 Å². The molecule has 0 radical (unpaired) electrons. The Labute approximate surface area is 184 Å². The van der Waals surface area contributed by atoms with Crippen LogP contribution in [0.25, 0.3) is 0 Å². The maximum Gasteiger partial charge on any atom is 0.387 e. The fraction of sp³-hybridized carbons (Fsp3) is 0.444. The number of hydrogen-bond acceptors (Lipinski definition) is 5. The fourth-order valence-electron chi connectivity index (χ4n) is 2.34. The molecule has 2 rings (SSSR count). The molecule has 2 N–H and O–H groups in total. The highest BCUT2D eigenvalue weighted by Crippen LogP contribution is 2.32. The van der Waals surface area contributed by atoms with E-state index in [2.05, 4.69) is 32.3 Å². The lowest BCUT2D eigenvalue weighted by molar-refractivity contribution is -0.0520. The van der Waals surface area contributed by atoms with Crippen LogP contribution in [0.4, 0.5) is 8.78 Å². The summed E-state index contributed by atoms with van der Waals surface area (Å²) < 4.78 is 35.6. The van der Waals surface area contributed by atoms with Crippen LogP contribution in [0.5, 0.6) is 11.5 Å². The second-order valence-corrected chi connectivity index (χ2v) is 6.61. The minimum absolute atomic E-state index is 0. The summed E-state index contributed by atoms with van der Waals surface area (Å²) in [4.78, 5) is 9.71. The largest absolute Gasteiger partial charge is 0.490 e. The highest BCUT2D eigenvalue weighted by atomic mass is 127. The smallest absolute Gasteiger partial charge is 0.387 e. The lowest BCUT2D eigenvalue weighted by Gasteiger charge is -2.17. The Kier molecular flexibility index (Phi) is 11.0. The quantitative estimate of drug-likeness (QED) is 0.292. The first-order valence-corrected chi connectivity index (χ1v) is 9.46. The molecule has 0 atom stereocenters. The Morgan fingerprint density at radius 1 is 1.25 bits per heavy atom. The van der Waals surface area contributed by atoms with Gasteiger partial charge in [0, 0.05) is 30.2 Å². The molecule has 28 heavy (non-hydrogen) atoms. The van der Waals surface area contributed by atoms with Crippen LogP contribution in [-0.4, -0.2) is 31.2 Å². The van der Waals surface area contributed by atoms with E-state index in [9.17, 15) is 8.78 Å². The molecule has 0 bridgehead atoms. The Morgan fingerprint density at radius 3 is 2.61 bits per heavy atom. The van der Waals surface area contributed by atoms with E-state index in [1.165, 1.54) is 4.88 Å². The minimum Gasteiger partial charge on any atom is -0.490 e. The van der Waals surface area contributed by atoms with E-state index in [1.54, 1.807) is 43.5 Å². The van der Waals surface area contributed by atoms with Crippen molar-refractivity contribution >= 4 is 41.3 Å². The molecule has 156 valence electrons. The molecule has 0 spiro atoms. The highest BCUT2D eigenvalue weighted by molar-refractivity contribution is 14.0. The second-order valence-electron chi connectivity index (χ2n) is 5.41. The van der Waals surface area contributed by atoms with Gasteiger partial charge in [0.1, 0.15) is 5.01 Å². The van der Waals surface area contributed by atoms with Crippen LogP contribution in [0, 0.1) is 0 Å². The number of rotatable bonds is 9. The van der Waals surface area contributed by atoms with Crippen LogP contribution < -0.4 is 20.1 Å². The van der Waals surface area contributed by atoms with E-state index in [0.29, 0.717) is 24.7 Å². The number of alkyl halides is 2. The SMILES string of the molecule is CCOc1cccc(CNC(=NC)NCc2ncc(CC)s2)c1OC(F)F.I. The van der Waals surface area contributed by atoms with Gasteiger partial charge in [-0.05, 0) is 19.4 Å². The molecule has 2 aromatic rings. The fourth-order valence-corrected chi connectivity index (χ4v) is 3.15. The van der Waals surface area contributed by atoms with Crippen molar-refractivity contribution < 1.29 is 18.3 Å². The van der Waals surface area contributed by atoms with Gasteiger partial charge in [0.25, 0.3) is 0 Å². The van der Waals surface area contributed by atoms with Gasteiger partial charge >= 0.3 is 6.61 Å². The van der Waals surface area contributed by atoms with Crippen molar-refractivity contribution in [1.82, 2.24) is 15.6 Å². The van der Waals surface area contributed by atoms with Gasteiger partial charge in [-0.2, -0.15) is 8.78 Å². The number of thiazole rings is 1. The monoisotopic (exact) mass is 526 g/mol. The molecule has 0 aliphatic rings. The first-order chi connectivity index (χ1) is 13.1. The van der Waals surface area contributed by atoms with Crippen molar-refractivity contribution in [3.8, 4) is 11.5 Å². The van der Waals surface area contributed by atoms with Gasteiger partial charge in [-0.25, -0.2) is 4.98 Å². The summed E-state index contributed by atoms with van der Waals surface area (Å²) in [7, 11) is 1.64. The van der Waals surface area contributed by atoms with E-state index in [4.69, 9.17) is 4.74 Å².